The van der Waals surface area contributed by atoms with E-state index in [-0.39, 0.29) is 0 Å². The van der Waals surface area contributed by atoms with Crippen molar-refractivity contribution in [2.24, 2.45) is 0 Å². The Hall–Kier alpha value is -1.25. The average molecular weight is 250 g/mol. The average Bonchev–Trinajstić information content (AvgIpc) is 2.39. The van der Waals surface area contributed by atoms with E-state index in [0.29, 0.717) is 0 Å². The zero-order valence-electron chi connectivity index (χ0n) is 11.7. The zero-order chi connectivity index (χ0) is 13.1. The molecule has 0 aliphatic rings. The second-order valence-corrected chi connectivity index (χ2v) is 4.51. The molecule has 1 N–H and O–H groups in total. The number of aromatic nitrogens is 1. The lowest BCUT2D eigenvalue weighted by molar-refractivity contribution is 0.293. The highest BCUT2D eigenvalue weighted by atomic mass is 16.5. The number of rotatable bonds is 10. The van der Waals surface area contributed by atoms with Crippen molar-refractivity contribution in [3.05, 3.63) is 18.2 Å². The van der Waals surface area contributed by atoms with Crippen LogP contribution in [0.3, 0.4) is 0 Å². The van der Waals surface area contributed by atoms with Crippen LogP contribution in [0, 0.1) is 0 Å². The van der Waals surface area contributed by atoms with E-state index in [4.69, 9.17) is 4.74 Å². The van der Waals surface area contributed by atoms with Crippen molar-refractivity contribution in [3.63, 3.8) is 0 Å². The molecule has 0 fully saturated rings. The maximum atomic E-state index is 5.65. The fourth-order valence-corrected chi connectivity index (χ4v) is 1.83. The highest BCUT2D eigenvalue weighted by Crippen LogP contribution is 2.12. The van der Waals surface area contributed by atoms with Gasteiger partial charge in [0, 0.05) is 12.6 Å². The van der Waals surface area contributed by atoms with Gasteiger partial charge in [-0.1, -0.05) is 45.1 Å². The molecule has 3 heteroatoms. The fraction of sp³-hybridized carbons (Fsp3) is 0.667. The first kappa shape index (κ1) is 14.8. The van der Waals surface area contributed by atoms with E-state index in [2.05, 4.69) is 24.1 Å². The van der Waals surface area contributed by atoms with E-state index in [9.17, 15) is 0 Å². The Labute approximate surface area is 111 Å². The Morgan fingerprint density at radius 2 is 1.83 bits per heavy atom. The van der Waals surface area contributed by atoms with Gasteiger partial charge in [0.1, 0.15) is 5.82 Å². The Morgan fingerprint density at radius 1 is 1.06 bits per heavy atom. The molecule has 0 saturated carbocycles. The standard InChI is InChI=1S/C15H26N2O/c1-3-5-6-7-8-9-13-18-15-12-10-11-14(17-15)16-4-2/h10-12H,3-9,13H2,1-2H3,(H,16,17). The van der Waals surface area contributed by atoms with Crippen LogP contribution < -0.4 is 10.1 Å². The molecule has 0 unspecified atom stereocenters. The van der Waals surface area contributed by atoms with Crippen LogP contribution in [-0.4, -0.2) is 18.1 Å². The van der Waals surface area contributed by atoms with Gasteiger partial charge in [-0.25, -0.2) is 0 Å². The maximum Gasteiger partial charge on any atom is 0.215 e. The molecule has 1 heterocycles. The van der Waals surface area contributed by atoms with Crippen LogP contribution in [0.2, 0.25) is 0 Å². The summed E-state index contributed by atoms with van der Waals surface area (Å²) in [6, 6.07) is 5.85. The van der Waals surface area contributed by atoms with Gasteiger partial charge in [-0.05, 0) is 19.4 Å². The Morgan fingerprint density at radius 3 is 2.61 bits per heavy atom. The van der Waals surface area contributed by atoms with Crippen molar-refractivity contribution in [2.45, 2.75) is 52.4 Å². The number of nitrogens with one attached hydrogen (secondary N) is 1. The molecule has 0 aliphatic carbocycles. The lowest BCUT2D eigenvalue weighted by atomic mass is 10.1. The number of anilines is 1. The molecule has 0 aliphatic heterocycles. The molecule has 18 heavy (non-hydrogen) atoms. The minimum atomic E-state index is 0.724. The lowest BCUT2D eigenvalue weighted by Gasteiger charge is -2.07. The van der Waals surface area contributed by atoms with Crippen LogP contribution in [0.1, 0.15) is 52.4 Å². The maximum absolute atomic E-state index is 5.65. The molecule has 1 aromatic rings. The summed E-state index contributed by atoms with van der Waals surface area (Å²) < 4.78 is 5.65. The fourth-order valence-electron chi connectivity index (χ4n) is 1.83. The minimum absolute atomic E-state index is 0.724. The van der Waals surface area contributed by atoms with Crippen LogP contribution >= 0.6 is 0 Å². The molecule has 3 nitrogen and oxygen atoms in total. The number of unbranched alkanes of at least 4 members (excludes halogenated alkanes) is 5. The predicted octanol–water partition coefficient (Wildman–Crippen LogP) is 4.25. The van der Waals surface area contributed by atoms with Gasteiger partial charge in [-0.3, -0.25) is 0 Å². The normalized spacial score (nSPS) is 10.3. The number of hydrogen-bond acceptors (Lipinski definition) is 3. The third-order valence-electron chi connectivity index (χ3n) is 2.83. The van der Waals surface area contributed by atoms with E-state index >= 15 is 0 Å². The quantitative estimate of drug-likeness (QED) is 0.630. The van der Waals surface area contributed by atoms with Crippen molar-refractivity contribution in [2.75, 3.05) is 18.5 Å². The molecule has 0 bridgehead atoms. The monoisotopic (exact) mass is 250 g/mol. The summed E-state index contributed by atoms with van der Waals surface area (Å²) in [6.07, 6.45) is 7.71. The molecule has 0 aromatic carbocycles. The van der Waals surface area contributed by atoms with Crippen LogP contribution in [-0.2, 0) is 0 Å². The molecule has 0 spiro atoms. The summed E-state index contributed by atoms with van der Waals surface area (Å²) in [7, 11) is 0. The smallest absolute Gasteiger partial charge is 0.215 e. The van der Waals surface area contributed by atoms with Gasteiger partial charge >= 0.3 is 0 Å². The van der Waals surface area contributed by atoms with E-state index < -0.39 is 0 Å². The summed E-state index contributed by atoms with van der Waals surface area (Å²) >= 11 is 0. The molecular formula is C15H26N2O. The second-order valence-electron chi connectivity index (χ2n) is 4.51. The van der Waals surface area contributed by atoms with E-state index in [1.54, 1.807) is 0 Å². The van der Waals surface area contributed by atoms with Gasteiger partial charge in [-0.15, -0.1) is 0 Å². The summed E-state index contributed by atoms with van der Waals surface area (Å²) in [6.45, 7) is 5.96. The number of hydrogen-bond donors (Lipinski definition) is 1. The summed E-state index contributed by atoms with van der Waals surface area (Å²) in [5.74, 6) is 1.61. The third kappa shape index (κ3) is 6.48. The first-order valence-corrected chi connectivity index (χ1v) is 7.20. The van der Waals surface area contributed by atoms with Gasteiger partial charge in [0.2, 0.25) is 5.88 Å². The number of ether oxygens (including phenoxy) is 1. The summed E-state index contributed by atoms with van der Waals surface area (Å²) in [5.41, 5.74) is 0. The van der Waals surface area contributed by atoms with Crippen molar-refractivity contribution >= 4 is 5.82 Å². The van der Waals surface area contributed by atoms with Gasteiger partial charge in [-0.2, -0.15) is 4.98 Å². The molecule has 1 rings (SSSR count). The second kappa shape index (κ2) is 9.75. The van der Waals surface area contributed by atoms with Crippen molar-refractivity contribution in [1.29, 1.82) is 0 Å². The molecular weight excluding hydrogens is 224 g/mol. The van der Waals surface area contributed by atoms with E-state index in [1.165, 1.54) is 32.1 Å². The van der Waals surface area contributed by atoms with Crippen molar-refractivity contribution in [1.82, 2.24) is 4.98 Å². The predicted molar refractivity (Wildman–Crippen MR) is 77.3 cm³/mol. The van der Waals surface area contributed by atoms with Gasteiger partial charge in [0.25, 0.3) is 0 Å². The summed E-state index contributed by atoms with van der Waals surface area (Å²) in [5, 5.41) is 3.18. The first-order valence-electron chi connectivity index (χ1n) is 7.20. The third-order valence-corrected chi connectivity index (χ3v) is 2.83. The minimum Gasteiger partial charge on any atom is -0.478 e. The SMILES string of the molecule is CCCCCCCCOc1cccc(NCC)n1. The number of nitrogens with zero attached hydrogens (tertiary/aromatic N) is 1. The first-order chi connectivity index (χ1) is 8.86. The van der Waals surface area contributed by atoms with Gasteiger partial charge < -0.3 is 10.1 Å². The van der Waals surface area contributed by atoms with Crippen molar-refractivity contribution < 1.29 is 4.74 Å². The number of pyridine rings is 1. The van der Waals surface area contributed by atoms with Gasteiger partial charge in [0.15, 0.2) is 0 Å². The van der Waals surface area contributed by atoms with Crippen molar-refractivity contribution in [3.8, 4) is 5.88 Å². The zero-order valence-corrected chi connectivity index (χ0v) is 11.7. The highest BCUT2D eigenvalue weighted by molar-refractivity contribution is 5.36. The molecule has 102 valence electrons. The Balaban J connectivity index is 2.13. The van der Waals surface area contributed by atoms with E-state index in [0.717, 1.165) is 31.3 Å². The van der Waals surface area contributed by atoms with Crippen LogP contribution in [0.4, 0.5) is 5.82 Å². The highest BCUT2D eigenvalue weighted by Gasteiger charge is 1.97. The Bertz CT molecular complexity index is 315. The Kier molecular flexibility index (Phi) is 8.02. The lowest BCUT2D eigenvalue weighted by Crippen LogP contribution is -2.02. The van der Waals surface area contributed by atoms with Crippen LogP contribution in [0.25, 0.3) is 0 Å². The topological polar surface area (TPSA) is 34.1 Å². The molecule has 0 amide bonds. The largest absolute Gasteiger partial charge is 0.478 e. The molecule has 0 atom stereocenters. The molecule has 0 radical (unpaired) electrons. The van der Waals surface area contributed by atoms with Gasteiger partial charge in [0.05, 0.1) is 6.61 Å². The molecule has 0 saturated heterocycles. The van der Waals surface area contributed by atoms with Crippen LogP contribution in [0.5, 0.6) is 5.88 Å². The molecule has 1 aromatic heterocycles. The summed E-state index contributed by atoms with van der Waals surface area (Å²) in [4.78, 5) is 4.38. The van der Waals surface area contributed by atoms with E-state index in [1.807, 2.05) is 18.2 Å². The van der Waals surface area contributed by atoms with Crippen LogP contribution in [0.15, 0.2) is 18.2 Å².